The maximum Gasteiger partial charge on any atom is 0.178 e. The predicted molar refractivity (Wildman–Crippen MR) is 100 cm³/mol. The Morgan fingerprint density at radius 3 is 1.71 bits per heavy atom. The first kappa shape index (κ1) is 20.9. The molecule has 0 amide bonds. The van der Waals surface area contributed by atoms with E-state index < -0.39 is 9.84 Å². The summed E-state index contributed by atoms with van der Waals surface area (Å²) in [4.78, 5) is 11.6. The second-order valence-electron chi connectivity index (χ2n) is 6.58. The number of Topliss-reactive ketones (excluding diaryl/α,β-unsaturated/α-hetero) is 1. The van der Waals surface area contributed by atoms with Crippen LogP contribution in [0.4, 0.5) is 0 Å². The van der Waals surface area contributed by atoms with Gasteiger partial charge in [-0.05, 0) is 25.5 Å². The van der Waals surface area contributed by atoms with Crippen molar-refractivity contribution in [3.63, 3.8) is 0 Å². The van der Waals surface area contributed by atoms with Gasteiger partial charge in [-0.2, -0.15) is 0 Å². The molecule has 0 spiro atoms. The average Bonchev–Trinajstić information content (AvgIpc) is 2.56. The van der Waals surface area contributed by atoms with Gasteiger partial charge >= 0.3 is 0 Å². The van der Waals surface area contributed by atoms with Crippen LogP contribution in [0, 0.1) is 0 Å². The third kappa shape index (κ3) is 8.09. The molecule has 0 heterocycles. The average molecular weight is 353 g/mol. The lowest BCUT2D eigenvalue weighted by Crippen LogP contribution is -2.07. The lowest BCUT2D eigenvalue weighted by Gasteiger charge is -2.06. The van der Waals surface area contributed by atoms with Crippen LogP contribution in [0.1, 0.15) is 88.4 Å². The zero-order chi connectivity index (χ0) is 17.8. The van der Waals surface area contributed by atoms with E-state index >= 15 is 0 Å². The maximum absolute atomic E-state index is 12.3. The van der Waals surface area contributed by atoms with Crippen LogP contribution in [0.5, 0.6) is 0 Å². The highest BCUT2D eigenvalue weighted by molar-refractivity contribution is 7.91. The SMILES string of the molecule is CCCCCCCCCCCCS(=O)(=O)c1ccc(C(C)=O)cc1. The van der Waals surface area contributed by atoms with Crippen LogP contribution >= 0.6 is 0 Å². The Morgan fingerprint density at radius 1 is 0.792 bits per heavy atom. The van der Waals surface area contributed by atoms with Gasteiger partial charge in [-0.15, -0.1) is 0 Å². The molecule has 4 heteroatoms. The lowest BCUT2D eigenvalue weighted by atomic mass is 10.1. The summed E-state index contributed by atoms with van der Waals surface area (Å²) < 4.78 is 24.5. The highest BCUT2D eigenvalue weighted by Crippen LogP contribution is 2.16. The van der Waals surface area contributed by atoms with Gasteiger partial charge in [0.25, 0.3) is 0 Å². The van der Waals surface area contributed by atoms with Gasteiger partial charge in [0, 0.05) is 5.56 Å². The molecular formula is C20H32O3S. The summed E-state index contributed by atoms with van der Waals surface area (Å²) in [6.07, 6.45) is 11.9. The van der Waals surface area contributed by atoms with Gasteiger partial charge in [-0.1, -0.05) is 76.8 Å². The molecule has 0 aliphatic heterocycles. The second kappa shape index (κ2) is 11.4. The number of carbonyl (C=O) groups excluding carboxylic acids is 1. The van der Waals surface area contributed by atoms with Gasteiger partial charge in [0.2, 0.25) is 0 Å². The number of unbranched alkanes of at least 4 members (excludes halogenated alkanes) is 9. The molecule has 1 aromatic rings. The van der Waals surface area contributed by atoms with Crippen LogP contribution in [0.15, 0.2) is 29.2 Å². The van der Waals surface area contributed by atoms with E-state index in [1.54, 1.807) is 24.3 Å². The minimum absolute atomic E-state index is 0.0476. The molecule has 0 fully saturated rings. The van der Waals surface area contributed by atoms with Crippen molar-refractivity contribution in [2.24, 2.45) is 0 Å². The van der Waals surface area contributed by atoms with Crippen LogP contribution in [-0.4, -0.2) is 20.0 Å². The number of rotatable bonds is 13. The molecule has 0 saturated heterocycles. The van der Waals surface area contributed by atoms with Crippen LogP contribution in [0.2, 0.25) is 0 Å². The molecule has 0 bridgehead atoms. The van der Waals surface area contributed by atoms with E-state index in [1.807, 2.05) is 0 Å². The van der Waals surface area contributed by atoms with Crippen molar-refractivity contribution in [2.45, 2.75) is 83.0 Å². The third-order valence-corrected chi connectivity index (χ3v) is 6.20. The molecule has 0 saturated carbocycles. The topological polar surface area (TPSA) is 51.2 Å². The number of benzene rings is 1. The van der Waals surface area contributed by atoms with Crippen molar-refractivity contribution in [3.8, 4) is 0 Å². The summed E-state index contributed by atoms with van der Waals surface area (Å²) in [5, 5.41) is 0. The van der Waals surface area contributed by atoms with Crippen molar-refractivity contribution in [1.29, 1.82) is 0 Å². The lowest BCUT2D eigenvalue weighted by molar-refractivity contribution is 0.101. The standard InChI is InChI=1S/C20H32O3S/c1-3-4-5-6-7-8-9-10-11-12-17-24(22,23)20-15-13-19(14-16-20)18(2)21/h13-16H,3-12,17H2,1-2H3. The summed E-state index contributed by atoms with van der Waals surface area (Å²) in [6.45, 7) is 3.71. The fourth-order valence-electron chi connectivity index (χ4n) is 2.79. The third-order valence-electron chi connectivity index (χ3n) is 4.39. The number of ketones is 1. The van der Waals surface area contributed by atoms with Crippen LogP contribution in [0.3, 0.4) is 0 Å². The summed E-state index contributed by atoms with van der Waals surface area (Å²) in [5.74, 6) is 0.150. The first-order valence-corrected chi connectivity index (χ1v) is 11.0. The van der Waals surface area contributed by atoms with Gasteiger partial charge in [0.05, 0.1) is 10.6 Å². The Morgan fingerprint density at radius 2 is 1.25 bits per heavy atom. The normalized spacial score (nSPS) is 11.6. The quantitative estimate of drug-likeness (QED) is 0.344. The molecule has 0 unspecified atom stereocenters. The number of hydrogen-bond acceptors (Lipinski definition) is 3. The summed E-state index contributed by atoms with van der Waals surface area (Å²) in [7, 11) is -3.22. The van der Waals surface area contributed by atoms with Gasteiger partial charge in [0.15, 0.2) is 15.6 Å². The maximum atomic E-state index is 12.3. The van der Waals surface area contributed by atoms with Crippen molar-refractivity contribution in [2.75, 3.05) is 5.75 Å². The summed E-state index contributed by atoms with van der Waals surface area (Å²) in [6, 6.07) is 6.27. The van der Waals surface area contributed by atoms with E-state index in [1.165, 1.54) is 51.9 Å². The van der Waals surface area contributed by atoms with E-state index in [2.05, 4.69) is 6.92 Å². The second-order valence-corrected chi connectivity index (χ2v) is 8.69. The smallest absolute Gasteiger partial charge is 0.178 e. The van der Waals surface area contributed by atoms with Gasteiger partial charge in [-0.25, -0.2) is 8.42 Å². The fraction of sp³-hybridized carbons (Fsp3) is 0.650. The molecule has 3 nitrogen and oxygen atoms in total. The Balaban J connectivity index is 2.20. The van der Waals surface area contributed by atoms with Crippen LogP contribution < -0.4 is 0 Å². The predicted octanol–water partition coefficient (Wildman–Crippen LogP) is 5.58. The zero-order valence-corrected chi connectivity index (χ0v) is 16.0. The van der Waals surface area contributed by atoms with Crippen LogP contribution in [-0.2, 0) is 9.84 Å². The molecule has 0 aliphatic carbocycles. The largest absolute Gasteiger partial charge is 0.295 e. The van der Waals surface area contributed by atoms with E-state index in [-0.39, 0.29) is 11.5 Å². The number of hydrogen-bond donors (Lipinski definition) is 0. The molecule has 136 valence electrons. The Hall–Kier alpha value is -1.16. The van der Waals surface area contributed by atoms with E-state index in [0.717, 1.165) is 12.8 Å². The van der Waals surface area contributed by atoms with Crippen molar-refractivity contribution in [3.05, 3.63) is 29.8 Å². The Kier molecular flexibility index (Phi) is 9.92. The number of carbonyl (C=O) groups is 1. The van der Waals surface area contributed by atoms with Gasteiger partial charge in [-0.3, -0.25) is 4.79 Å². The van der Waals surface area contributed by atoms with Crippen LogP contribution in [0.25, 0.3) is 0 Å². The molecule has 24 heavy (non-hydrogen) atoms. The molecule has 0 aliphatic rings. The van der Waals surface area contributed by atoms with E-state index in [0.29, 0.717) is 16.9 Å². The zero-order valence-electron chi connectivity index (χ0n) is 15.2. The molecule has 0 radical (unpaired) electrons. The summed E-state index contributed by atoms with van der Waals surface area (Å²) >= 11 is 0. The highest BCUT2D eigenvalue weighted by atomic mass is 32.2. The molecule has 1 aromatic carbocycles. The van der Waals surface area contributed by atoms with Gasteiger partial charge in [0.1, 0.15) is 0 Å². The van der Waals surface area contributed by atoms with E-state index in [9.17, 15) is 13.2 Å². The van der Waals surface area contributed by atoms with Crippen molar-refractivity contribution >= 4 is 15.6 Å². The molecular weight excluding hydrogens is 320 g/mol. The minimum atomic E-state index is -3.22. The first-order chi connectivity index (χ1) is 11.5. The minimum Gasteiger partial charge on any atom is -0.295 e. The Labute approximate surface area is 147 Å². The summed E-state index contributed by atoms with van der Waals surface area (Å²) in [5.41, 5.74) is 0.549. The monoisotopic (exact) mass is 352 g/mol. The number of sulfone groups is 1. The van der Waals surface area contributed by atoms with E-state index in [4.69, 9.17) is 0 Å². The highest BCUT2D eigenvalue weighted by Gasteiger charge is 2.14. The Bertz CT molecular complexity index is 573. The molecule has 0 atom stereocenters. The molecule has 1 rings (SSSR count). The molecule has 0 aromatic heterocycles. The first-order valence-electron chi connectivity index (χ1n) is 9.31. The van der Waals surface area contributed by atoms with Crippen molar-refractivity contribution < 1.29 is 13.2 Å². The molecule has 0 N–H and O–H groups in total. The van der Waals surface area contributed by atoms with Gasteiger partial charge < -0.3 is 0 Å². The fourth-order valence-corrected chi connectivity index (χ4v) is 4.16. The van der Waals surface area contributed by atoms with Crippen molar-refractivity contribution in [1.82, 2.24) is 0 Å².